The summed E-state index contributed by atoms with van der Waals surface area (Å²) in [5.74, 6) is 0.576. The van der Waals surface area contributed by atoms with E-state index in [9.17, 15) is 8.42 Å². The average molecular weight is 270 g/mol. The van der Waals surface area contributed by atoms with E-state index in [1.54, 1.807) is 4.31 Å². The van der Waals surface area contributed by atoms with Gasteiger partial charge in [0.2, 0.25) is 10.0 Å². The molecular weight excluding hydrogens is 254 g/mol. The van der Waals surface area contributed by atoms with Crippen molar-refractivity contribution in [2.24, 2.45) is 5.92 Å². The fourth-order valence-electron chi connectivity index (χ4n) is 1.70. The molecule has 1 saturated heterocycles. The van der Waals surface area contributed by atoms with Crippen LogP contribution in [0.5, 0.6) is 0 Å². The van der Waals surface area contributed by atoms with Gasteiger partial charge in [0.05, 0.1) is 6.26 Å². The van der Waals surface area contributed by atoms with Crippen molar-refractivity contribution >= 4 is 26.0 Å². The molecule has 3 nitrogen and oxygen atoms in total. The summed E-state index contributed by atoms with van der Waals surface area (Å²) in [5.41, 5.74) is 0. The number of rotatable bonds is 4. The Morgan fingerprint density at radius 3 is 2.69 bits per heavy atom. The normalized spacial score (nSPS) is 25.2. The van der Waals surface area contributed by atoms with Crippen molar-refractivity contribution in [1.82, 2.24) is 4.31 Å². The summed E-state index contributed by atoms with van der Waals surface area (Å²) >= 11 is 3.38. The Kier molecular flexibility index (Phi) is 4.19. The molecule has 0 aromatic heterocycles. The second-order valence-electron chi connectivity index (χ2n) is 3.61. The number of alkyl halides is 1. The van der Waals surface area contributed by atoms with Crippen LogP contribution in [0.4, 0.5) is 0 Å². The van der Waals surface area contributed by atoms with Crippen LogP contribution in [-0.2, 0) is 10.0 Å². The highest BCUT2D eigenvalue weighted by Gasteiger charge is 2.27. The van der Waals surface area contributed by atoms with Crippen molar-refractivity contribution in [2.45, 2.75) is 19.3 Å². The molecule has 1 aliphatic heterocycles. The smallest absolute Gasteiger partial charge is 0.211 e. The van der Waals surface area contributed by atoms with Crippen molar-refractivity contribution in [3.63, 3.8) is 0 Å². The van der Waals surface area contributed by atoms with Gasteiger partial charge in [0.15, 0.2) is 0 Å². The molecule has 1 heterocycles. The molecule has 0 aromatic rings. The van der Waals surface area contributed by atoms with Gasteiger partial charge in [0.25, 0.3) is 0 Å². The van der Waals surface area contributed by atoms with Crippen molar-refractivity contribution < 1.29 is 8.42 Å². The number of hydrogen-bond donors (Lipinski definition) is 0. The molecule has 0 amide bonds. The third-order valence-electron chi connectivity index (χ3n) is 2.46. The third kappa shape index (κ3) is 3.56. The number of nitrogens with zero attached hydrogens (tertiary/aromatic N) is 1. The molecule has 1 atom stereocenters. The van der Waals surface area contributed by atoms with Crippen LogP contribution >= 0.6 is 15.9 Å². The molecule has 1 fully saturated rings. The number of halogens is 1. The zero-order valence-electron chi connectivity index (χ0n) is 7.87. The van der Waals surface area contributed by atoms with Crippen LogP contribution in [0.15, 0.2) is 0 Å². The van der Waals surface area contributed by atoms with Gasteiger partial charge in [-0.2, -0.15) is 0 Å². The summed E-state index contributed by atoms with van der Waals surface area (Å²) in [5, 5.41) is 1.02. The van der Waals surface area contributed by atoms with Gasteiger partial charge in [-0.3, -0.25) is 0 Å². The minimum atomic E-state index is -2.94. The quantitative estimate of drug-likeness (QED) is 0.725. The van der Waals surface area contributed by atoms with Gasteiger partial charge in [0.1, 0.15) is 0 Å². The minimum absolute atomic E-state index is 0.576. The lowest BCUT2D eigenvalue weighted by molar-refractivity contribution is 0.449. The first kappa shape index (κ1) is 11.5. The van der Waals surface area contributed by atoms with Crippen LogP contribution in [0, 0.1) is 5.92 Å². The lowest BCUT2D eigenvalue weighted by Gasteiger charge is -2.12. The molecule has 0 radical (unpaired) electrons. The SMILES string of the molecule is CS(=O)(=O)N1CCC(CCCBr)C1. The fourth-order valence-corrected chi connectivity index (χ4v) is 2.94. The monoisotopic (exact) mass is 269 g/mol. The highest BCUT2D eigenvalue weighted by Crippen LogP contribution is 2.22. The number of hydrogen-bond acceptors (Lipinski definition) is 2. The lowest BCUT2D eigenvalue weighted by Crippen LogP contribution is -2.27. The van der Waals surface area contributed by atoms with Gasteiger partial charge < -0.3 is 0 Å². The van der Waals surface area contributed by atoms with E-state index in [1.807, 2.05) is 0 Å². The van der Waals surface area contributed by atoms with Gasteiger partial charge in [0, 0.05) is 18.4 Å². The van der Waals surface area contributed by atoms with Gasteiger partial charge >= 0.3 is 0 Å². The van der Waals surface area contributed by atoms with Crippen LogP contribution in [0.3, 0.4) is 0 Å². The van der Waals surface area contributed by atoms with E-state index >= 15 is 0 Å². The highest BCUT2D eigenvalue weighted by atomic mass is 79.9. The molecule has 78 valence electrons. The molecular formula is C8H16BrNO2S. The summed E-state index contributed by atoms with van der Waals surface area (Å²) in [6.07, 6.45) is 4.60. The van der Waals surface area contributed by atoms with Crippen molar-refractivity contribution in [2.75, 3.05) is 24.7 Å². The molecule has 0 spiro atoms. The van der Waals surface area contributed by atoms with Crippen LogP contribution in [0.25, 0.3) is 0 Å². The van der Waals surface area contributed by atoms with Crippen molar-refractivity contribution in [1.29, 1.82) is 0 Å². The summed E-state index contributed by atoms with van der Waals surface area (Å²) in [6.45, 7) is 1.44. The molecule has 0 aliphatic carbocycles. The summed E-state index contributed by atoms with van der Waals surface area (Å²) in [7, 11) is -2.94. The summed E-state index contributed by atoms with van der Waals surface area (Å²) < 4.78 is 23.9. The van der Waals surface area contributed by atoms with Crippen molar-refractivity contribution in [3.8, 4) is 0 Å². The van der Waals surface area contributed by atoms with Gasteiger partial charge in [-0.1, -0.05) is 15.9 Å². The molecule has 0 bridgehead atoms. The van der Waals surface area contributed by atoms with Crippen LogP contribution in [0.2, 0.25) is 0 Å². The lowest BCUT2D eigenvalue weighted by atomic mass is 10.0. The van der Waals surface area contributed by atoms with Crippen molar-refractivity contribution in [3.05, 3.63) is 0 Å². The third-order valence-corrected chi connectivity index (χ3v) is 4.29. The average Bonchev–Trinajstić information content (AvgIpc) is 2.47. The van der Waals surface area contributed by atoms with Crippen LogP contribution in [-0.4, -0.2) is 37.4 Å². The van der Waals surface area contributed by atoms with E-state index in [0.29, 0.717) is 12.5 Å². The predicted octanol–water partition coefficient (Wildman–Crippen LogP) is 1.44. The molecule has 0 saturated carbocycles. The Morgan fingerprint density at radius 1 is 1.54 bits per heavy atom. The Balaban J connectivity index is 2.37. The molecule has 0 N–H and O–H groups in total. The van der Waals surface area contributed by atoms with E-state index in [2.05, 4.69) is 15.9 Å². The first-order valence-corrected chi connectivity index (χ1v) is 7.52. The summed E-state index contributed by atoms with van der Waals surface area (Å²) in [6, 6.07) is 0. The Morgan fingerprint density at radius 2 is 2.23 bits per heavy atom. The van der Waals surface area contributed by atoms with Crippen LogP contribution < -0.4 is 0 Å². The van der Waals surface area contributed by atoms with Gasteiger partial charge in [-0.05, 0) is 25.2 Å². The van der Waals surface area contributed by atoms with E-state index in [1.165, 1.54) is 6.26 Å². The maximum Gasteiger partial charge on any atom is 0.211 e. The van der Waals surface area contributed by atoms with E-state index in [4.69, 9.17) is 0 Å². The Labute approximate surface area is 88.7 Å². The van der Waals surface area contributed by atoms with Crippen LogP contribution in [0.1, 0.15) is 19.3 Å². The van der Waals surface area contributed by atoms with E-state index in [-0.39, 0.29) is 0 Å². The Bertz CT molecular complexity index is 253. The van der Waals surface area contributed by atoms with Gasteiger partial charge in [-0.15, -0.1) is 0 Å². The van der Waals surface area contributed by atoms with E-state index < -0.39 is 10.0 Å². The molecule has 1 unspecified atom stereocenters. The minimum Gasteiger partial charge on any atom is -0.213 e. The Hall–Kier alpha value is 0.390. The standard InChI is InChI=1S/C8H16BrNO2S/c1-13(11,12)10-6-4-8(7-10)3-2-5-9/h8H,2-7H2,1H3. The van der Waals surface area contributed by atoms with E-state index in [0.717, 1.165) is 31.1 Å². The maximum atomic E-state index is 11.2. The molecule has 1 aliphatic rings. The fraction of sp³-hybridized carbons (Fsp3) is 1.00. The predicted molar refractivity (Wildman–Crippen MR) is 57.6 cm³/mol. The summed E-state index contributed by atoms with van der Waals surface area (Å²) in [4.78, 5) is 0. The molecule has 1 rings (SSSR count). The molecule has 13 heavy (non-hydrogen) atoms. The first-order chi connectivity index (χ1) is 6.04. The zero-order chi connectivity index (χ0) is 9.90. The van der Waals surface area contributed by atoms with Gasteiger partial charge in [-0.25, -0.2) is 12.7 Å². The maximum absolute atomic E-state index is 11.2. The largest absolute Gasteiger partial charge is 0.213 e. The first-order valence-electron chi connectivity index (χ1n) is 4.55. The molecule has 0 aromatic carbocycles. The zero-order valence-corrected chi connectivity index (χ0v) is 10.3. The number of sulfonamides is 1. The second kappa shape index (κ2) is 4.75. The topological polar surface area (TPSA) is 37.4 Å². The second-order valence-corrected chi connectivity index (χ2v) is 6.38. The molecule has 5 heteroatoms. The highest BCUT2D eigenvalue weighted by molar-refractivity contribution is 9.09.